The molecule has 0 saturated carbocycles. The van der Waals surface area contributed by atoms with Crippen LogP contribution in [0.15, 0.2) is 17.4 Å². The molecule has 8 N–H and O–H groups in total. The van der Waals surface area contributed by atoms with E-state index < -0.39 is 74.7 Å². The molecule has 4 aromatic heterocycles. The van der Waals surface area contributed by atoms with Crippen LogP contribution >= 0.6 is 6.72 Å². The number of nitrogens with zero attached hydrogens (tertiary/aromatic N) is 8. The van der Waals surface area contributed by atoms with E-state index in [-0.39, 0.29) is 34.1 Å². The molecule has 4 aromatic rings. The van der Waals surface area contributed by atoms with E-state index in [2.05, 4.69) is 35.2 Å². The second-order valence-electron chi connectivity index (χ2n) is 9.42. The van der Waals surface area contributed by atoms with Crippen LogP contribution in [0.4, 0.5) is 20.5 Å². The first-order chi connectivity index (χ1) is 19.9. The molecule has 0 aliphatic carbocycles. The maximum absolute atomic E-state index is 16.1. The Kier molecular flexibility index (Phi) is 6.94. The van der Waals surface area contributed by atoms with Crippen molar-refractivity contribution in [3.8, 4) is 0 Å². The van der Waals surface area contributed by atoms with E-state index in [0.29, 0.717) is 4.68 Å². The van der Waals surface area contributed by atoms with Gasteiger partial charge in [0, 0.05) is 0 Å². The molecular formula is C19H22F2N11O8PS. The minimum atomic E-state index is -4.52. The van der Waals surface area contributed by atoms with Crippen LogP contribution in [0, 0.1) is 0 Å². The molecule has 0 spiro atoms. The van der Waals surface area contributed by atoms with Gasteiger partial charge < -0.3 is 40.6 Å². The Morgan fingerprint density at radius 1 is 1.21 bits per heavy atom. The Morgan fingerprint density at radius 3 is 2.71 bits per heavy atom. The number of halogens is 2. The summed E-state index contributed by atoms with van der Waals surface area (Å²) in [6, 6.07) is 0. The van der Waals surface area contributed by atoms with Gasteiger partial charge >= 0.3 is 6.72 Å². The Labute approximate surface area is 236 Å². The van der Waals surface area contributed by atoms with Crippen LogP contribution < -0.4 is 17.0 Å². The van der Waals surface area contributed by atoms with E-state index >= 15 is 8.78 Å². The van der Waals surface area contributed by atoms with Crippen LogP contribution in [-0.4, -0.2) is 110 Å². The number of hydrogen-bond donors (Lipinski definition) is 6. The first-order valence-corrected chi connectivity index (χ1v) is 14.6. The van der Waals surface area contributed by atoms with Gasteiger partial charge in [0.05, 0.1) is 19.5 Å². The standard InChI is InChI=1S/C19H22F2N11O8PS/c20-11-7(1-33)38-4-19(11,32-15-10(29-30-32)16(35)28-17(23)27-15)40-41(36,42)39-2-8-12(34)18(21,3-37-8)31-6-26-9-13(22)24-5-25-14(9)31/h5-8,11-12,33-34H,1-4H2,(H,36,42)(H2,22,24,25)(H3,23,27,28,35)/t7-,8-,11+,12-,18-,19-,41?/m1/s1. The third-order valence-corrected chi connectivity index (χ3v) is 8.43. The maximum atomic E-state index is 16.1. The van der Waals surface area contributed by atoms with Crippen LogP contribution in [0.25, 0.3) is 22.3 Å². The van der Waals surface area contributed by atoms with Gasteiger partial charge in [-0.05, 0) is 11.8 Å². The van der Waals surface area contributed by atoms with Crippen molar-refractivity contribution in [1.29, 1.82) is 0 Å². The van der Waals surface area contributed by atoms with Gasteiger partial charge in [-0.2, -0.15) is 9.67 Å². The van der Waals surface area contributed by atoms with Gasteiger partial charge in [-0.25, -0.2) is 23.7 Å². The van der Waals surface area contributed by atoms with E-state index in [4.69, 9.17) is 41.8 Å². The van der Waals surface area contributed by atoms with E-state index in [0.717, 1.165) is 17.2 Å². The molecule has 23 heteroatoms. The molecule has 226 valence electrons. The highest BCUT2D eigenvalue weighted by molar-refractivity contribution is 8.07. The van der Waals surface area contributed by atoms with Gasteiger partial charge in [-0.1, -0.05) is 5.21 Å². The number of fused-ring (bicyclic) bond motifs is 2. The summed E-state index contributed by atoms with van der Waals surface area (Å²) in [4.78, 5) is 41.1. The molecule has 1 unspecified atom stereocenters. The maximum Gasteiger partial charge on any atom is 0.327 e. The number of nitrogens with one attached hydrogen (secondary N) is 1. The summed E-state index contributed by atoms with van der Waals surface area (Å²) in [5, 5.41) is 27.8. The molecule has 2 aliphatic rings. The zero-order valence-electron chi connectivity index (χ0n) is 21.0. The van der Waals surface area contributed by atoms with Gasteiger partial charge in [-0.3, -0.25) is 18.9 Å². The number of nitrogen functional groups attached to an aromatic ring is 2. The van der Waals surface area contributed by atoms with Crippen molar-refractivity contribution in [3.63, 3.8) is 0 Å². The molecule has 0 amide bonds. The van der Waals surface area contributed by atoms with Crippen molar-refractivity contribution >= 4 is 52.6 Å². The number of aliphatic hydroxyl groups is 2. The van der Waals surface area contributed by atoms with Crippen molar-refractivity contribution in [3.05, 3.63) is 23.0 Å². The smallest absolute Gasteiger partial charge is 0.327 e. The van der Waals surface area contributed by atoms with Gasteiger partial charge in [-0.15, -0.1) is 5.10 Å². The molecule has 2 fully saturated rings. The molecule has 2 aliphatic heterocycles. The van der Waals surface area contributed by atoms with Crippen LogP contribution in [-0.2, 0) is 41.8 Å². The first kappa shape index (κ1) is 28.8. The monoisotopic (exact) mass is 633 g/mol. The minimum absolute atomic E-state index is 0.00385. The Balaban J connectivity index is 1.25. The predicted octanol–water partition coefficient (Wildman–Crippen LogP) is -2.47. The normalized spacial score (nSPS) is 31.3. The molecule has 6 rings (SSSR count). The molecule has 0 bridgehead atoms. The Bertz CT molecular complexity index is 1780. The molecule has 0 aromatic carbocycles. The van der Waals surface area contributed by atoms with Crippen LogP contribution in [0.5, 0.6) is 0 Å². The molecular weight excluding hydrogens is 611 g/mol. The molecule has 0 radical (unpaired) electrons. The molecule has 42 heavy (non-hydrogen) atoms. The number of aliphatic hydroxyl groups excluding tert-OH is 2. The number of aromatic amines is 1. The number of rotatable bonds is 8. The first-order valence-electron chi connectivity index (χ1n) is 12.0. The number of hydrogen-bond acceptors (Lipinski definition) is 16. The molecule has 19 nitrogen and oxygen atoms in total. The third-order valence-electron chi connectivity index (χ3n) is 6.87. The van der Waals surface area contributed by atoms with E-state index in [1.165, 1.54) is 0 Å². The number of imidazole rings is 1. The number of aromatic nitrogens is 9. The average Bonchev–Trinajstić information content (AvgIpc) is 3.70. The van der Waals surface area contributed by atoms with E-state index in [9.17, 15) is 19.9 Å². The summed E-state index contributed by atoms with van der Waals surface area (Å²) in [5.41, 5.74) is 7.55. The number of H-pyrrole nitrogens is 1. The fourth-order valence-electron chi connectivity index (χ4n) is 4.77. The lowest BCUT2D eigenvalue weighted by atomic mass is 10.1. The SMILES string of the molecule is Nc1nc2c(nnn2[C@@]2(OP(O)(=S)OC[C@H]3OC[C@@](F)(n4cnc5c(N)ncnc54)[C@@H]3O)CO[C@H](CO)[C@@H]2F)c(=O)[nH]1. The van der Waals surface area contributed by atoms with Crippen molar-refractivity contribution < 1.29 is 42.4 Å². The predicted molar refractivity (Wildman–Crippen MR) is 138 cm³/mol. The highest BCUT2D eigenvalue weighted by Gasteiger charge is 2.58. The largest absolute Gasteiger partial charge is 0.394 e. The third kappa shape index (κ3) is 4.42. The van der Waals surface area contributed by atoms with Crippen molar-refractivity contribution in [2.24, 2.45) is 0 Å². The van der Waals surface area contributed by atoms with Gasteiger partial charge in [0.1, 0.15) is 43.4 Å². The number of alkyl halides is 2. The van der Waals surface area contributed by atoms with E-state index in [1.54, 1.807) is 0 Å². The lowest BCUT2D eigenvalue weighted by molar-refractivity contribution is -0.0826. The zero-order chi connectivity index (χ0) is 30.0. The van der Waals surface area contributed by atoms with Gasteiger partial charge in [0.2, 0.25) is 17.5 Å². The highest BCUT2D eigenvalue weighted by Crippen LogP contribution is 2.53. The fraction of sp³-hybridized carbons (Fsp3) is 0.526. The summed E-state index contributed by atoms with van der Waals surface area (Å²) in [6.45, 7) is -7.41. The molecule has 2 saturated heterocycles. The topological polar surface area (TPSA) is 270 Å². The number of ether oxygens (including phenoxy) is 2. The lowest BCUT2D eigenvalue weighted by Crippen LogP contribution is -2.47. The van der Waals surface area contributed by atoms with Crippen molar-refractivity contribution in [2.45, 2.75) is 36.0 Å². The summed E-state index contributed by atoms with van der Waals surface area (Å²) in [6.07, 6.45) is -4.84. The van der Waals surface area contributed by atoms with Crippen molar-refractivity contribution in [1.82, 2.24) is 44.5 Å². The average molecular weight is 633 g/mol. The van der Waals surface area contributed by atoms with E-state index in [1.807, 2.05) is 0 Å². The molecule has 7 atom stereocenters. The second kappa shape index (κ2) is 10.1. The number of nitrogens with two attached hydrogens (primary N) is 2. The minimum Gasteiger partial charge on any atom is -0.394 e. The zero-order valence-corrected chi connectivity index (χ0v) is 22.7. The summed E-state index contributed by atoms with van der Waals surface area (Å²) < 4.78 is 55.1. The summed E-state index contributed by atoms with van der Waals surface area (Å²) >= 11 is 5.10. The number of anilines is 2. The lowest BCUT2D eigenvalue weighted by Gasteiger charge is -2.33. The summed E-state index contributed by atoms with van der Waals surface area (Å²) in [7, 11) is 0. The fourth-order valence-corrected chi connectivity index (χ4v) is 6.36. The highest BCUT2D eigenvalue weighted by atomic mass is 32.5. The van der Waals surface area contributed by atoms with Gasteiger partial charge in [0.15, 0.2) is 28.8 Å². The molecule has 6 heterocycles. The second-order valence-corrected chi connectivity index (χ2v) is 12.2. The van der Waals surface area contributed by atoms with Crippen molar-refractivity contribution in [2.75, 3.05) is 37.9 Å². The van der Waals surface area contributed by atoms with Gasteiger partial charge in [0.25, 0.3) is 5.56 Å². The Morgan fingerprint density at radius 2 is 1.98 bits per heavy atom. The van der Waals surface area contributed by atoms with Crippen LogP contribution in [0.1, 0.15) is 0 Å². The Hall–Kier alpha value is -3.34. The quantitative estimate of drug-likeness (QED) is 0.110. The summed E-state index contributed by atoms with van der Waals surface area (Å²) in [5.74, 6) is -2.95. The van der Waals surface area contributed by atoms with Crippen LogP contribution in [0.3, 0.4) is 0 Å². The van der Waals surface area contributed by atoms with Crippen LogP contribution in [0.2, 0.25) is 0 Å².